The van der Waals surface area contributed by atoms with Crippen LogP contribution >= 0.6 is 0 Å². The van der Waals surface area contributed by atoms with Crippen LogP contribution in [0.2, 0.25) is 0 Å². The van der Waals surface area contributed by atoms with Crippen LogP contribution in [0.5, 0.6) is 0 Å². The van der Waals surface area contributed by atoms with Gasteiger partial charge < -0.3 is 5.73 Å². The molecule has 0 unspecified atom stereocenters. The molecule has 70 valence electrons. The highest BCUT2D eigenvalue weighted by Crippen LogP contribution is 2.10. The molecule has 0 atom stereocenters. The molecule has 0 spiro atoms. The first-order valence-electron chi connectivity index (χ1n) is 4.18. The number of nitrogens with one attached hydrogen (secondary N) is 1. The van der Waals surface area contributed by atoms with Crippen LogP contribution in [-0.2, 0) is 4.79 Å². The maximum absolute atomic E-state index is 11.2. The highest BCUT2D eigenvalue weighted by molar-refractivity contribution is 6.13. The molecular weight excluding hydrogens is 178 g/mol. The summed E-state index contributed by atoms with van der Waals surface area (Å²) in [7, 11) is 0. The van der Waals surface area contributed by atoms with Gasteiger partial charge in [-0.3, -0.25) is 10.1 Å². The second-order valence-electron chi connectivity index (χ2n) is 2.89. The summed E-state index contributed by atoms with van der Waals surface area (Å²) in [5.74, 6) is -0.108. The van der Waals surface area contributed by atoms with Crippen molar-refractivity contribution in [1.29, 1.82) is 0 Å². The summed E-state index contributed by atoms with van der Waals surface area (Å²) in [6.07, 6.45) is 1.69. The largest absolute Gasteiger partial charge is 0.369 e. The highest BCUT2D eigenvalue weighted by atomic mass is 16.2. The maximum atomic E-state index is 11.2. The molecular formula is C10H9N3O. The average molecular weight is 187 g/mol. The van der Waals surface area contributed by atoms with E-state index in [1.165, 1.54) is 0 Å². The van der Waals surface area contributed by atoms with Crippen molar-refractivity contribution in [2.75, 3.05) is 0 Å². The van der Waals surface area contributed by atoms with Gasteiger partial charge in [0.05, 0.1) is 0 Å². The Morgan fingerprint density at radius 1 is 1.29 bits per heavy atom. The van der Waals surface area contributed by atoms with Crippen LogP contribution in [-0.4, -0.2) is 11.9 Å². The predicted molar refractivity (Wildman–Crippen MR) is 54.2 cm³/mol. The molecule has 14 heavy (non-hydrogen) atoms. The summed E-state index contributed by atoms with van der Waals surface area (Å²) < 4.78 is 0. The third-order valence-corrected chi connectivity index (χ3v) is 1.82. The van der Waals surface area contributed by atoms with E-state index in [1.807, 2.05) is 30.3 Å². The fraction of sp³-hybridized carbons (Fsp3) is 0. The first-order valence-corrected chi connectivity index (χ1v) is 4.18. The van der Waals surface area contributed by atoms with Crippen molar-refractivity contribution < 1.29 is 4.79 Å². The van der Waals surface area contributed by atoms with Crippen LogP contribution in [0, 0.1) is 0 Å². The number of carbonyl (C=O) groups excluding carboxylic acids is 1. The zero-order valence-corrected chi connectivity index (χ0v) is 7.40. The van der Waals surface area contributed by atoms with Crippen LogP contribution in [0.25, 0.3) is 6.08 Å². The van der Waals surface area contributed by atoms with E-state index in [0.717, 1.165) is 5.56 Å². The van der Waals surface area contributed by atoms with Crippen LogP contribution in [0.3, 0.4) is 0 Å². The maximum Gasteiger partial charge on any atom is 0.276 e. The zero-order valence-electron chi connectivity index (χ0n) is 7.40. The van der Waals surface area contributed by atoms with Gasteiger partial charge in [0.25, 0.3) is 5.91 Å². The minimum absolute atomic E-state index is 0.150. The van der Waals surface area contributed by atoms with Gasteiger partial charge in [-0.15, -0.1) is 0 Å². The Bertz CT molecular complexity index is 420. The minimum Gasteiger partial charge on any atom is -0.369 e. The third-order valence-electron chi connectivity index (χ3n) is 1.82. The molecule has 2 rings (SSSR count). The molecule has 0 radical (unpaired) electrons. The summed E-state index contributed by atoms with van der Waals surface area (Å²) in [5, 5.41) is 2.41. The van der Waals surface area contributed by atoms with Crippen molar-refractivity contribution in [3.8, 4) is 0 Å². The number of amides is 1. The topological polar surface area (TPSA) is 67.5 Å². The van der Waals surface area contributed by atoms with Gasteiger partial charge in [0.2, 0.25) is 5.96 Å². The summed E-state index contributed by atoms with van der Waals surface area (Å²) >= 11 is 0. The predicted octanol–water partition coefficient (Wildman–Crippen LogP) is 0.472. The SMILES string of the molecule is NC1=N/C(=C/c2ccccc2)C(=O)N1. The standard InChI is InChI=1S/C10H9N3O/c11-10-12-8(9(14)13-10)6-7-4-2-1-3-5-7/h1-6H,(H3,11,12,13,14)/b8-6+. The lowest BCUT2D eigenvalue weighted by Gasteiger charge is -1.92. The number of carbonyl (C=O) groups is 1. The van der Waals surface area contributed by atoms with E-state index in [-0.39, 0.29) is 11.9 Å². The minimum atomic E-state index is -0.258. The lowest BCUT2D eigenvalue weighted by Crippen LogP contribution is -2.30. The van der Waals surface area contributed by atoms with E-state index in [1.54, 1.807) is 6.08 Å². The lowest BCUT2D eigenvalue weighted by molar-refractivity contribution is -0.115. The third kappa shape index (κ3) is 1.64. The van der Waals surface area contributed by atoms with Crippen molar-refractivity contribution in [1.82, 2.24) is 5.32 Å². The molecule has 1 aromatic carbocycles. The summed E-state index contributed by atoms with van der Waals surface area (Å²) in [5.41, 5.74) is 6.61. The van der Waals surface area contributed by atoms with Crippen molar-refractivity contribution >= 4 is 17.9 Å². The number of aliphatic imine (C=N–C) groups is 1. The molecule has 0 fully saturated rings. The average Bonchev–Trinajstić information content (AvgIpc) is 2.47. The Hall–Kier alpha value is -2.10. The van der Waals surface area contributed by atoms with Gasteiger partial charge in [-0.05, 0) is 11.6 Å². The Kier molecular flexibility index (Phi) is 2.02. The van der Waals surface area contributed by atoms with Gasteiger partial charge in [0.1, 0.15) is 5.70 Å². The van der Waals surface area contributed by atoms with Crippen molar-refractivity contribution in [2.45, 2.75) is 0 Å². The monoisotopic (exact) mass is 187 g/mol. The molecule has 4 nitrogen and oxygen atoms in total. The van der Waals surface area contributed by atoms with E-state index in [2.05, 4.69) is 10.3 Å². The van der Waals surface area contributed by atoms with Gasteiger partial charge in [0.15, 0.2) is 0 Å². The first-order chi connectivity index (χ1) is 6.75. The van der Waals surface area contributed by atoms with E-state index < -0.39 is 0 Å². The molecule has 1 heterocycles. The van der Waals surface area contributed by atoms with Crippen LogP contribution in [0.4, 0.5) is 0 Å². The van der Waals surface area contributed by atoms with Crippen LogP contribution < -0.4 is 11.1 Å². The number of rotatable bonds is 1. The normalized spacial score (nSPS) is 18.1. The molecule has 1 aliphatic rings. The summed E-state index contributed by atoms with van der Waals surface area (Å²) in [4.78, 5) is 15.1. The summed E-state index contributed by atoms with van der Waals surface area (Å²) in [6, 6.07) is 9.49. The zero-order chi connectivity index (χ0) is 9.97. The van der Waals surface area contributed by atoms with Gasteiger partial charge in [-0.2, -0.15) is 0 Å². The molecule has 0 aliphatic carbocycles. The summed E-state index contributed by atoms with van der Waals surface area (Å²) in [6.45, 7) is 0. The van der Waals surface area contributed by atoms with E-state index in [4.69, 9.17) is 5.73 Å². The molecule has 1 aromatic rings. The Labute approximate surface area is 81.1 Å². The number of hydrogen-bond acceptors (Lipinski definition) is 3. The molecule has 0 saturated heterocycles. The van der Waals surface area contributed by atoms with Gasteiger partial charge in [-0.1, -0.05) is 30.3 Å². The molecule has 1 amide bonds. The lowest BCUT2D eigenvalue weighted by atomic mass is 10.2. The van der Waals surface area contributed by atoms with Gasteiger partial charge in [0, 0.05) is 0 Å². The molecule has 4 heteroatoms. The van der Waals surface area contributed by atoms with Crippen molar-refractivity contribution in [2.24, 2.45) is 10.7 Å². The Morgan fingerprint density at radius 3 is 2.57 bits per heavy atom. The Balaban J connectivity index is 2.32. The number of nitrogens with two attached hydrogens (primary N) is 1. The second kappa shape index (κ2) is 3.33. The molecule has 0 bridgehead atoms. The molecule has 1 aliphatic heterocycles. The molecule has 3 N–H and O–H groups in total. The van der Waals surface area contributed by atoms with Gasteiger partial charge in [-0.25, -0.2) is 4.99 Å². The van der Waals surface area contributed by atoms with Crippen molar-refractivity contribution in [3.63, 3.8) is 0 Å². The van der Waals surface area contributed by atoms with E-state index in [0.29, 0.717) is 5.70 Å². The van der Waals surface area contributed by atoms with Crippen LogP contribution in [0.15, 0.2) is 41.0 Å². The number of nitrogens with zero attached hydrogens (tertiary/aromatic N) is 1. The van der Waals surface area contributed by atoms with Gasteiger partial charge >= 0.3 is 0 Å². The quantitative estimate of drug-likeness (QED) is 0.627. The second-order valence-corrected chi connectivity index (χ2v) is 2.89. The van der Waals surface area contributed by atoms with E-state index >= 15 is 0 Å². The fourth-order valence-electron chi connectivity index (χ4n) is 1.19. The Morgan fingerprint density at radius 2 is 2.00 bits per heavy atom. The smallest absolute Gasteiger partial charge is 0.276 e. The number of guanidine groups is 1. The molecule has 0 saturated carbocycles. The fourth-order valence-corrected chi connectivity index (χ4v) is 1.19. The molecule has 0 aromatic heterocycles. The first kappa shape index (κ1) is 8.50. The number of hydrogen-bond donors (Lipinski definition) is 2. The van der Waals surface area contributed by atoms with Crippen molar-refractivity contribution in [3.05, 3.63) is 41.6 Å². The van der Waals surface area contributed by atoms with Crippen LogP contribution in [0.1, 0.15) is 5.56 Å². The number of benzene rings is 1. The highest BCUT2D eigenvalue weighted by Gasteiger charge is 2.16. The van der Waals surface area contributed by atoms with E-state index in [9.17, 15) is 4.79 Å².